The first-order valence-electron chi connectivity index (χ1n) is 10.2. The number of likely N-dealkylation sites (tertiary alicyclic amines) is 2. The van der Waals surface area contributed by atoms with E-state index < -0.39 is 6.09 Å². The Kier molecular flexibility index (Phi) is 5.26. The summed E-state index contributed by atoms with van der Waals surface area (Å²) in [4.78, 5) is 29.4. The fourth-order valence-electron chi connectivity index (χ4n) is 5.86. The Morgan fingerprint density at radius 3 is 2.27 bits per heavy atom. The summed E-state index contributed by atoms with van der Waals surface area (Å²) < 4.78 is 0. The van der Waals surface area contributed by atoms with Crippen molar-refractivity contribution in [2.24, 2.45) is 11.3 Å². The van der Waals surface area contributed by atoms with Gasteiger partial charge in [0.05, 0.1) is 0 Å². The smallest absolute Gasteiger partial charge is 0.407 e. The second kappa shape index (κ2) is 7.02. The van der Waals surface area contributed by atoms with Crippen LogP contribution in [0.4, 0.5) is 4.79 Å². The van der Waals surface area contributed by atoms with E-state index in [-0.39, 0.29) is 16.9 Å². The molecule has 0 aromatic heterocycles. The zero-order valence-electron chi connectivity index (χ0n) is 16.8. The van der Waals surface area contributed by atoms with Gasteiger partial charge >= 0.3 is 6.09 Å². The van der Waals surface area contributed by atoms with Crippen molar-refractivity contribution in [3.63, 3.8) is 0 Å². The van der Waals surface area contributed by atoms with E-state index in [1.54, 1.807) is 11.8 Å². The third-order valence-corrected chi connectivity index (χ3v) is 7.48. The van der Waals surface area contributed by atoms with Crippen LogP contribution in [0, 0.1) is 11.3 Å². The minimum absolute atomic E-state index is 0.0824. The predicted octanol–water partition coefficient (Wildman–Crippen LogP) is 2.88. The van der Waals surface area contributed by atoms with Crippen molar-refractivity contribution < 1.29 is 14.7 Å². The molecule has 1 spiro atoms. The lowest BCUT2D eigenvalue weighted by Crippen LogP contribution is -2.58. The molecule has 0 radical (unpaired) electrons. The molecule has 1 aliphatic carbocycles. The average Bonchev–Trinajstić information content (AvgIpc) is 2.99. The molecule has 2 heterocycles. The molecule has 26 heavy (non-hydrogen) atoms. The van der Waals surface area contributed by atoms with Crippen LogP contribution in [0.1, 0.15) is 59.8 Å². The van der Waals surface area contributed by atoms with E-state index in [1.807, 2.05) is 4.90 Å². The molecule has 0 aromatic carbocycles. The lowest BCUT2D eigenvalue weighted by Gasteiger charge is -2.53. The van der Waals surface area contributed by atoms with Gasteiger partial charge in [-0.1, -0.05) is 0 Å². The van der Waals surface area contributed by atoms with Gasteiger partial charge in [-0.05, 0) is 77.3 Å². The summed E-state index contributed by atoms with van der Waals surface area (Å²) in [7, 11) is 0. The van der Waals surface area contributed by atoms with Gasteiger partial charge in [0.1, 0.15) is 0 Å². The van der Waals surface area contributed by atoms with E-state index >= 15 is 0 Å². The number of amides is 2. The minimum atomic E-state index is -0.765. The first-order valence-corrected chi connectivity index (χ1v) is 10.2. The number of hydrogen-bond donors (Lipinski definition) is 1. The zero-order chi connectivity index (χ0) is 19.1. The second-order valence-electron chi connectivity index (χ2n) is 9.24. The molecule has 2 saturated heterocycles. The summed E-state index contributed by atoms with van der Waals surface area (Å²) in [5.74, 6) is 0.718. The fraction of sp³-hybridized carbons (Fsp3) is 0.900. The molecule has 6 nitrogen and oxygen atoms in total. The van der Waals surface area contributed by atoms with E-state index in [0.717, 1.165) is 58.3 Å². The maximum atomic E-state index is 12.0. The Morgan fingerprint density at radius 2 is 1.81 bits per heavy atom. The molecule has 0 unspecified atom stereocenters. The topological polar surface area (TPSA) is 64.1 Å². The summed E-state index contributed by atoms with van der Waals surface area (Å²) in [5.41, 5.74) is 0.174. The summed E-state index contributed by atoms with van der Waals surface area (Å²) in [5, 5.41) is 9.18. The fourth-order valence-corrected chi connectivity index (χ4v) is 5.86. The molecule has 0 bridgehead atoms. The van der Waals surface area contributed by atoms with E-state index in [9.17, 15) is 14.7 Å². The van der Waals surface area contributed by atoms with Crippen molar-refractivity contribution >= 4 is 12.0 Å². The van der Waals surface area contributed by atoms with Crippen LogP contribution in [0.2, 0.25) is 0 Å². The predicted molar refractivity (Wildman–Crippen MR) is 101 cm³/mol. The van der Waals surface area contributed by atoms with Gasteiger partial charge in [-0.3, -0.25) is 4.79 Å². The third-order valence-electron chi connectivity index (χ3n) is 7.48. The van der Waals surface area contributed by atoms with E-state index in [0.29, 0.717) is 18.5 Å². The number of rotatable bonds is 4. The van der Waals surface area contributed by atoms with Crippen molar-refractivity contribution in [2.75, 3.05) is 32.7 Å². The highest BCUT2D eigenvalue weighted by Crippen LogP contribution is 2.51. The number of carboxylic acid groups (broad SMARTS) is 1. The molecular weight excluding hydrogens is 330 g/mol. The van der Waals surface area contributed by atoms with Crippen LogP contribution in [-0.2, 0) is 4.79 Å². The highest BCUT2D eigenvalue weighted by molar-refractivity contribution is 5.74. The lowest BCUT2D eigenvalue weighted by molar-refractivity contribution is -0.137. The highest BCUT2D eigenvalue weighted by Gasteiger charge is 2.51. The van der Waals surface area contributed by atoms with Gasteiger partial charge in [0.15, 0.2) is 0 Å². The SMILES string of the molecule is CCN(C(C)=O)C(C)(C)C1CCN(C2CC3(CCN(C(=O)O)C3)C2)CC1. The zero-order valence-corrected chi connectivity index (χ0v) is 16.8. The summed E-state index contributed by atoms with van der Waals surface area (Å²) in [6, 6.07) is 0.628. The Labute approximate surface area is 157 Å². The normalized spacial score (nSPS) is 30.5. The van der Waals surface area contributed by atoms with Gasteiger partial charge in [0.2, 0.25) is 5.91 Å². The number of nitrogens with zero attached hydrogens (tertiary/aromatic N) is 3. The van der Waals surface area contributed by atoms with Gasteiger partial charge in [-0.15, -0.1) is 0 Å². The summed E-state index contributed by atoms with van der Waals surface area (Å²) >= 11 is 0. The maximum absolute atomic E-state index is 12.0. The average molecular weight is 366 g/mol. The third kappa shape index (κ3) is 3.45. The molecule has 2 aliphatic heterocycles. The van der Waals surface area contributed by atoms with Crippen LogP contribution >= 0.6 is 0 Å². The quantitative estimate of drug-likeness (QED) is 0.832. The molecule has 3 rings (SSSR count). The second-order valence-corrected chi connectivity index (χ2v) is 9.24. The molecule has 148 valence electrons. The van der Waals surface area contributed by atoms with Crippen molar-refractivity contribution in [3.8, 4) is 0 Å². The van der Waals surface area contributed by atoms with Gasteiger partial charge in [-0.25, -0.2) is 4.79 Å². The summed E-state index contributed by atoms with van der Waals surface area (Å²) in [6.07, 6.45) is 4.85. The highest BCUT2D eigenvalue weighted by atomic mass is 16.4. The first kappa shape index (κ1) is 19.5. The van der Waals surface area contributed by atoms with E-state index in [4.69, 9.17) is 0 Å². The van der Waals surface area contributed by atoms with Crippen LogP contribution in [0.25, 0.3) is 0 Å². The van der Waals surface area contributed by atoms with E-state index in [1.165, 1.54) is 0 Å². The largest absolute Gasteiger partial charge is 0.465 e. The lowest BCUT2D eigenvalue weighted by atomic mass is 9.64. The van der Waals surface area contributed by atoms with Crippen LogP contribution in [0.5, 0.6) is 0 Å². The molecule has 3 aliphatic rings. The van der Waals surface area contributed by atoms with E-state index in [2.05, 4.69) is 25.7 Å². The van der Waals surface area contributed by atoms with Crippen LogP contribution in [0.15, 0.2) is 0 Å². The van der Waals surface area contributed by atoms with Crippen molar-refractivity contribution in [3.05, 3.63) is 0 Å². The molecule has 6 heteroatoms. The molecule has 0 atom stereocenters. The molecule has 1 saturated carbocycles. The molecule has 1 N–H and O–H groups in total. The Balaban J connectivity index is 1.50. The maximum Gasteiger partial charge on any atom is 0.407 e. The monoisotopic (exact) mass is 365 g/mol. The molecular formula is C20H35N3O3. The molecule has 2 amide bonds. The van der Waals surface area contributed by atoms with Crippen molar-refractivity contribution in [2.45, 2.75) is 71.4 Å². The summed E-state index contributed by atoms with van der Waals surface area (Å²) in [6.45, 7) is 12.6. The van der Waals surface area contributed by atoms with Crippen LogP contribution < -0.4 is 0 Å². The van der Waals surface area contributed by atoms with Gasteiger partial charge < -0.3 is 19.8 Å². The number of carbonyl (C=O) groups is 2. The number of hydrogen-bond acceptors (Lipinski definition) is 3. The standard InChI is InChI=1S/C20H35N3O3/c1-5-23(15(2)24)19(3,4)16-6-9-21(10-7-16)17-12-20(13-17)8-11-22(14-20)18(25)26/h16-17H,5-14H2,1-4H3,(H,25,26). The first-order chi connectivity index (χ1) is 12.2. The number of piperidine rings is 1. The minimum Gasteiger partial charge on any atom is -0.465 e. The van der Waals surface area contributed by atoms with Gasteiger partial charge in [-0.2, -0.15) is 0 Å². The number of carbonyl (C=O) groups excluding carboxylic acids is 1. The molecule has 3 fully saturated rings. The van der Waals surface area contributed by atoms with Gasteiger partial charge in [0.25, 0.3) is 0 Å². The van der Waals surface area contributed by atoms with Crippen LogP contribution in [-0.4, -0.2) is 76.1 Å². The Morgan fingerprint density at radius 1 is 1.19 bits per heavy atom. The Bertz CT molecular complexity index is 549. The van der Waals surface area contributed by atoms with Crippen LogP contribution in [0.3, 0.4) is 0 Å². The Hall–Kier alpha value is -1.30. The van der Waals surface area contributed by atoms with Crippen molar-refractivity contribution in [1.29, 1.82) is 0 Å². The van der Waals surface area contributed by atoms with Gasteiger partial charge in [0, 0.05) is 38.1 Å². The molecule has 0 aromatic rings. The van der Waals surface area contributed by atoms with Crippen molar-refractivity contribution in [1.82, 2.24) is 14.7 Å².